The largest absolute Gasteiger partial charge is 0.387 e. The van der Waals surface area contributed by atoms with Crippen LogP contribution < -0.4 is 10.6 Å². The fourth-order valence-electron chi connectivity index (χ4n) is 4.16. The minimum absolute atomic E-state index is 0.111. The summed E-state index contributed by atoms with van der Waals surface area (Å²) in [6.07, 6.45) is -0.996. The van der Waals surface area contributed by atoms with Crippen molar-refractivity contribution in [3.63, 3.8) is 0 Å². The Morgan fingerprint density at radius 2 is 2.03 bits per heavy atom. The van der Waals surface area contributed by atoms with Gasteiger partial charge in [0.05, 0.1) is 11.3 Å². The van der Waals surface area contributed by atoms with Crippen LogP contribution in [0.4, 0.5) is 10.2 Å². The number of fused-ring (bicyclic) bond motifs is 1. The molecule has 1 aliphatic rings. The molecule has 11 nitrogen and oxygen atoms in total. The van der Waals surface area contributed by atoms with E-state index in [0.717, 1.165) is 5.56 Å². The molecule has 4 N–H and O–H groups in total. The molecule has 1 aliphatic heterocycles. The quantitative estimate of drug-likeness (QED) is 0.295. The maximum Gasteiger partial charge on any atom is 0.251 e. The molecule has 192 valence electrons. The van der Waals surface area contributed by atoms with Crippen LogP contribution in [0.2, 0.25) is 5.02 Å². The number of likely N-dealkylation sites (N-methyl/N-ethyl adjacent to an activating group) is 1. The molecule has 4 heterocycles. The molecule has 0 radical (unpaired) electrons. The number of nitrogens with one attached hydrogen (secondary N) is 2. The van der Waals surface area contributed by atoms with E-state index in [1.807, 2.05) is 6.92 Å². The molecule has 4 unspecified atom stereocenters. The van der Waals surface area contributed by atoms with Gasteiger partial charge in [-0.25, -0.2) is 19.3 Å². The van der Waals surface area contributed by atoms with Crippen molar-refractivity contribution in [3.8, 4) is 11.4 Å². The highest BCUT2D eigenvalue weighted by molar-refractivity contribution is 6.30. The number of anilines is 1. The Labute approximate surface area is 215 Å². The van der Waals surface area contributed by atoms with Gasteiger partial charge in [0.15, 0.2) is 35.1 Å². The second-order valence-electron chi connectivity index (χ2n) is 8.60. The van der Waals surface area contributed by atoms with Crippen LogP contribution in [0.5, 0.6) is 0 Å². The van der Waals surface area contributed by atoms with E-state index < -0.39 is 30.4 Å². The topological polar surface area (TPSA) is 147 Å². The van der Waals surface area contributed by atoms with E-state index in [0.29, 0.717) is 21.7 Å². The van der Waals surface area contributed by atoms with Gasteiger partial charge >= 0.3 is 0 Å². The summed E-state index contributed by atoms with van der Waals surface area (Å²) >= 11 is 6.12. The summed E-state index contributed by atoms with van der Waals surface area (Å²) in [7, 11) is 1.40. The van der Waals surface area contributed by atoms with Gasteiger partial charge in [0.1, 0.15) is 18.0 Å². The zero-order valence-corrected chi connectivity index (χ0v) is 20.5. The number of aliphatic hydroxyl groups is 2. The van der Waals surface area contributed by atoms with Crippen LogP contribution in [-0.4, -0.2) is 66.0 Å². The number of halogens is 2. The molecule has 4 atom stereocenters. The fraction of sp³-hybridized carbons (Fsp3) is 0.292. The van der Waals surface area contributed by atoms with Crippen molar-refractivity contribution in [2.45, 2.75) is 38.0 Å². The molecule has 13 heteroatoms. The van der Waals surface area contributed by atoms with E-state index in [1.165, 1.54) is 36.4 Å². The van der Waals surface area contributed by atoms with Gasteiger partial charge in [-0.2, -0.15) is 0 Å². The normalized spacial score (nSPS) is 21.4. The molecule has 37 heavy (non-hydrogen) atoms. The summed E-state index contributed by atoms with van der Waals surface area (Å²) in [5.41, 5.74) is 2.38. The van der Waals surface area contributed by atoms with Crippen LogP contribution in [0.15, 0.2) is 43.0 Å². The number of hydrogen-bond acceptors (Lipinski definition) is 9. The average molecular weight is 528 g/mol. The molecule has 0 saturated carbocycles. The van der Waals surface area contributed by atoms with Gasteiger partial charge in [-0.3, -0.25) is 14.3 Å². The van der Waals surface area contributed by atoms with Crippen LogP contribution in [0.25, 0.3) is 22.6 Å². The molecule has 0 spiro atoms. The number of rotatable bonds is 6. The minimum atomic E-state index is -1.47. The van der Waals surface area contributed by atoms with Gasteiger partial charge in [0.2, 0.25) is 0 Å². The highest BCUT2D eigenvalue weighted by atomic mass is 35.5. The van der Waals surface area contributed by atoms with Crippen molar-refractivity contribution < 1.29 is 24.1 Å². The Bertz CT molecular complexity index is 1480. The monoisotopic (exact) mass is 527 g/mol. The number of aliphatic hydroxyl groups excluding tert-OH is 2. The van der Waals surface area contributed by atoms with Crippen LogP contribution >= 0.6 is 11.6 Å². The van der Waals surface area contributed by atoms with Gasteiger partial charge in [-0.1, -0.05) is 29.3 Å². The van der Waals surface area contributed by atoms with Crippen LogP contribution in [0, 0.1) is 12.7 Å². The third-order valence-corrected chi connectivity index (χ3v) is 6.26. The Hall–Kier alpha value is -3.71. The van der Waals surface area contributed by atoms with Crippen molar-refractivity contribution in [1.29, 1.82) is 0 Å². The standard InChI is InChI=1S/C24H23ClFN7O4/c1-11-3-4-15(26)12(5-11)8-29-21-16-22(32-20(31-21)13-6-14(25)9-28-7-13)33(10-30-16)24-18(35)17(34)19(37-24)23(36)27-2/h3-7,9-10,17-19,24,34-35H,8H2,1-2H3,(H,27,36)(H,29,31,32). The fourth-order valence-corrected chi connectivity index (χ4v) is 4.33. The van der Waals surface area contributed by atoms with Crippen molar-refractivity contribution in [1.82, 2.24) is 29.8 Å². The molecule has 1 aromatic carbocycles. The highest BCUT2D eigenvalue weighted by Gasteiger charge is 2.47. The number of amides is 1. The molecular weight excluding hydrogens is 505 g/mol. The average Bonchev–Trinajstić information content (AvgIpc) is 3.44. The SMILES string of the molecule is CNC(=O)C1OC(n2cnc3c(NCc4cc(C)ccc4F)nc(-c4cncc(Cl)c4)nc32)C(O)C1O. The van der Waals surface area contributed by atoms with E-state index in [4.69, 9.17) is 16.3 Å². The Kier molecular flexibility index (Phi) is 6.73. The van der Waals surface area contributed by atoms with Crippen LogP contribution in [0.1, 0.15) is 17.4 Å². The molecule has 0 bridgehead atoms. The van der Waals surface area contributed by atoms with Crippen LogP contribution in [0.3, 0.4) is 0 Å². The summed E-state index contributed by atoms with van der Waals surface area (Å²) in [5, 5.41) is 27.0. The van der Waals surface area contributed by atoms with E-state index >= 15 is 0 Å². The Morgan fingerprint density at radius 3 is 2.78 bits per heavy atom. The van der Waals surface area contributed by atoms with Gasteiger partial charge in [0.25, 0.3) is 5.91 Å². The number of aryl methyl sites for hydroxylation is 1. The zero-order chi connectivity index (χ0) is 26.3. The van der Waals surface area contributed by atoms with Gasteiger partial charge in [0, 0.05) is 37.1 Å². The molecule has 4 aromatic rings. The van der Waals surface area contributed by atoms with E-state index in [1.54, 1.807) is 18.2 Å². The number of imidazole rings is 1. The first kappa shape index (κ1) is 25.0. The van der Waals surface area contributed by atoms with Gasteiger partial charge < -0.3 is 25.6 Å². The lowest BCUT2D eigenvalue weighted by molar-refractivity contribution is -0.137. The third kappa shape index (κ3) is 4.71. The minimum Gasteiger partial charge on any atom is -0.387 e. The second kappa shape index (κ2) is 9.98. The molecular formula is C24H23ClFN7O4. The maximum atomic E-state index is 14.4. The molecule has 5 rings (SSSR count). The lowest BCUT2D eigenvalue weighted by atomic mass is 10.1. The summed E-state index contributed by atoms with van der Waals surface area (Å²) < 4.78 is 21.5. The summed E-state index contributed by atoms with van der Waals surface area (Å²) in [5.74, 6) is -0.436. The second-order valence-corrected chi connectivity index (χ2v) is 9.04. The lowest BCUT2D eigenvalue weighted by Gasteiger charge is -2.17. The predicted octanol–water partition coefficient (Wildman–Crippen LogP) is 1.97. The number of aromatic nitrogens is 5. The predicted molar refractivity (Wildman–Crippen MR) is 132 cm³/mol. The zero-order valence-electron chi connectivity index (χ0n) is 19.8. The lowest BCUT2D eigenvalue weighted by Crippen LogP contribution is -2.41. The number of nitrogens with zero attached hydrogens (tertiary/aromatic N) is 5. The molecule has 1 amide bonds. The van der Waals surface area contributed by atoms with Gasteiger partial charge in [-0.15, -0.1) is 0 Å². The van der Waals surface area contributed by atoms with E-state index in [9.17, 15) is 19.4 Å². The maximum absolute atomic E-state index is 14.4. The number of carbonyl (C=O) groups excluding carboxylic acids is 1. The molecule has 0 aliphatic carbocycles. The van der Waals surface area contributed by atoms with Crippen molar-refractivity contribution in [2.75, 3.05) is 12.4 Å². The molecule has 3 aromatic heterocycles. The van der Waals surface area contributed by atoms with Crippen molar-refractivity contribution in [3.05, 3.63) is 65.0 Å². The first-order valence-electron chi connectivity index (χ1n) is 11.3. The number of carbonyl (C=O) groups is 1. The summed E-state index contributed by atoms with van der Waals surface area (Å²) in [6.45, 7) is 1.98. The van der Waals surface area contributed by atoms with Crippen LogP contribution in [-0.2, 0) is 16.1 Å². The van der Waals surface area contributed by atoms with E-state index in [-0.39, 0.29) is 29.7 Å². The van der Waals surface area contributed by atoms with Gasteiger partial charge in [-0.05, 0) is 19.1 Å². The first-order valence-corrected chi connectivity index (χ1v) is 11.7. The molecule has 1 saturated heterocycles. The first-order chi connectivity index (χ1) is 17.8. The number of pyridine rings is 1. The number of hydrogen-bond donors (Lipinski definition) is 4. The smallest absolute Gasteiger partial charge is 0.251 e. The summed E-state index contributed by atoms with van der Waals surface area (Å²) in [6, 6.07) is 6.44. The highest BCUT2D eigenvalue weighted by Crippen LogP contribution is 2.34. The third-order valence-electron chi connectivity index (χ3n) is 6.05. The Morgan fingerprint density at radius 1 is 1.22 bits per heavy atom. The van der Waals surface area contributed by atoms with Crippen molar-refractivity contribution >= 4 is 34.5 Å². The number of benzene rings is 1. The number of ether oxygens (including phenoxy) is 1. The molecule has 1 fully saturated rings. The summed E-state index contributed by atoms with van der Waals surface area (Å²) in [4.78, 5) is 29.8. The Balaban J connectivity index is 1.59. The van der Waals surface area contributed by atoms with E-state index in [2.05, 4.69) is 30.6 Å². The van der Waals surface area contributed by atoms with Crippen molar-refractivity contribution in [2.24, 2.45) is 0 Å².